The Balaban J connectivity index is 1.86. The van der Waals surface area contributed by atoms with Gasteiger partial charge in [0.2, 0.25) is 15.9 Å². The van der Waals surface area contributed by atoms with Crippen molar-refractivity contribution in [1.82, 2.24) is 4.90 Å². The number of nitrogens with zero attached hydrogens (tertiary/aromatic N) is 1. The van der Waals surface area contributed by atoms with E-state index in [0.29, 0.717) is 0 Å². The van der Waals surface area contributed by atoms with Crippen LogP contribution in [-0.2, 0) is 19.6 Å². The number of likely N-dealkylation sites (N-methyl/N-ethyl adjacent to an activating group) is 1. The van der Waals surface area contributed by atoms with Crippen molar-refractivity contribution in [3.63, 3.8) is 0 Å². The molecule has 2 N–H and O–H groups in total. The summed E-state index contributed by atoms with van der Waals surface area (Å²) in [5.41, 5.74) is 0. The smallest absolute Gasteiger partial charge is 0.238 e. The second kappa shape index (κ2) is 6.63. The minimum atomic E-state index is -3.97. The van der Waals surface area contributed by atoms with E-state index in [0.717, 1.165) is 12.1 Å². The fraction of sp³-hybridized carbons (Fsp3) is 0.429. The first-order valence-corrected chi connectivity index (χ1v) is 8.45. The first-order chi connectivity index (χ1) is 10.7. The topological polar surface area (TPSA) is 107 Å². The highest BCUT2D eigenvalue weighted by Crippen LogP contribution is 2.24. The predicted molar refractivity (Wildman–Crippen MR) is 78.6 cm³/mol. The molecule has 1 saturated carbocycles. The second-order valence-corrected chi connectivity index (χ2v) is 6.95. The third-order valence-electron chi connectivity index (χ3n) is 3.59. The molecule has 0 aromatic heterocycles. The van der Waals surface area contributed by atoms with Crippen molar-refractivity contribution >= 4 is 21.7 Å². The van der Waals surface area contributed by atoms with E-state index < -0.39 is 15.8 Å². The van der Waals surface area contributed by atoms with E-state index >= 15 is 0 Å². The van der Waals surface area contributed by atoms with Gasteiger partial charge in [0.1, 0.15) is 12.4 Å². The molecule has 0 heterocycles. The maximum absolute atomic E-state index is 13.7. The number of halogens is 1. The lowest BCUT2D eigenvalue weighted by atomic mass is 9.83. The highest BCUT2D eigenvalue weighted by molar-refractivity contribution is 7.89. The van der Waals surface area contributed by atoms with Crippen LogP contribution < -0.4 is 9.88 Å². The van der Waals surface area contributed by atoms with Gasteiger partial charge in [0, 0.05) is 19.9 Å². The number of rotatable bonds is 6. The quantitative estimate of drug-likeness (QED) is 0.798. The first kappa shape index (κ1) is 17.4. The van der Waals surface area contributed by atoms with Crippen LogP contribution in [0.25, 0.3) is 0 Å². The molecule has 0 spiro atoms. The summed E-state index contributed by atoms with van der Waals surface area (Å²) in [7, 11) is -2.40. The first-order valence-electron chi connectivity index (χ1n) is 6.90. The zero-order valence-corrected chi connectivity index (χ0v) is 13.3. The summed E-state index contributed by atoms with van der Waals surface area (Å²) in [4.78, 5) is 23.9. The summed E-state index contributed by atoms with van der Waals surface area (Å²) in [6.45, 7) is 0.258. The third-order valence-corrected chi connectivity index (χ3v) is 4.50. The van der Waals surface area contributed by atoms with E-state index in [2.05, 4.69) is 0 Å². The number of carbonyl (C=O) groups excluding carboxylic acids is 2. The molecule has 2 rings (SSSR count). The SMILES string of the molecule is CN(CCOc1ccc(S(N)(=O)=O)cc1F)C(=O)C1CC(=O)C1. The number of amides is 1. The number of primary sulfonamides is 1. The molecule has 0 aliphatic heterocycles. The van der Waals surface area contributed by atoms with Crippen LogP contribution in [-0.4, -0.2) is 45.2 Å². The van der Waals surface area contributed by atoms with E-state index in [1.54, 1.807) is 7.05 Å². The lowest BCUT2D eigenvalue weighted by molar-refractivity contribution is -0.144. The van der Waals surface area contributed by atoms with Gasteiger partial charge in [-0.3, -0.25) is 9.59 Å². The molecule has 0 bridgehead atoms. The number of hydrogen-bond donors (Lipinski definition) is 1. The molecule has 0 saturated heterocycles. The van der Waals surface area contributed by atoms with Gasteiger partial charge in [-0.2, -0.15) is 0 Å². The lowest BCUT2D eigenvalue weighted by Gasteiger charge is -2.28. The van der Waals surface area contributed by atoms with Gasteiger partial charge in [-0.15, -0.1) is 0 Å². The van der Waals surface area contributed by atoms with Gasteiger partial charge in [0.15, 0.2) is 11.6 Å². The zero-order valence-electron chi connectivity index (χ0n) is 12.5. The number of ketones is 1. The highest BCUT2D eigenvalue weighted by atomic mass is 32.2. The van der Waals surface area contributed by atoms with Crippen molar-refractivity contribution in [2.75, 3.05) is 20.2 Å². The Labute approximate surface area is 133 Å². The van der Waals surface area contributed by atoms with E-state index in [1.165, 1.54) is 11.0 Å². The summed E-state index contributed by atoms with van der Waals surface area (Å²) >= 11 is 0. The van der Waals surface area contributed by atoms with E-state index in [1.807, 2.05) is 0 Å². The largest absolute Gasteiger partial charge is 0.489 e. The van der Waals surface area contributed by atoms with Crippen LogP contribution in [0.15, 0.2) is 23.1 Å². The Bertz CT molecular complexity index is 727. The third kappa shape index (κ3) is 4.26. The fourth-order valence-electron chi connectivity index (χ4n) is 2.15. The predicted octanol–water partition coefficient (Wildman–Crippen LogP) is 0.289. The number of sulfonamides is 1. The minimum absolute atomic E-state index is 0.0363. The summed E-state index contributed by atoms with van der Waals surface area (Å²) in [6.07, 6.45) is 0.543. The van der Waals surface area contributed by atoms with Gasteiger partial charge >= 0.3 is 0 Å². The van der Waals surface area contributed by atoms with Crippen LogP contribution in [0.5, 0.6) is 5.75 Å². The molecule has 7 nitrogen and oxygen atoms in total. The van der Waals surface area contributed by atoms with Crippen LogP contribution in [0.3, 0.4) is 0 Å². The van der Waals surface area contributed by atoms with Crippen LogP contribution in [0.2, 0.25) is 0 Å². The van der Waals surface area contributed by atoms with Crippen molar-refractivity contribution in [1.29, 1.82) is 0 Å². The molecule has 23 heavy (non-hydrogen) atoms. The average molecular weight is 344 g/mol. The number of ether oxygens (including phenoxy) is 1. The number of hydrogen-bond acceptors (Lipinski definition) is 5. The van der Waals surface area contributed by atoms with Crippen LogP contribution in [0.1, 0.15) is 12.8 Å². The number of benzene rings is 1. The molecule has 0 radical (unpaired) electrons. The van der Waals surface area contributed by atoms with Crippen molar-refractivity contribution < 1.29 is 27.1 Å². The van der Waals surface area contributed by atoms with Crippen molar-refractivity contribution in [2.24, 2.45) is 11.1 Å². The van der Waals surface area contributed by atoms with E-state index in [9.17, 15) is 22.4 Å². The standard InChI is InChI=1S/C14H17FN2O5S/c1-17(14(19)9-6-10(18)7-9)4-5-22-13-3-2-11(8-12(13)15)23(16,20)21/h2-3,8-9H,4-7H2,1H3,(H2,16,20,21). The minimum Gasteiger partial charge on any atom is -0.489 e. The van der Waals surface area contributed by atoms with Crippen LogP contribution >= 0.6 is 0 Å². The molecule has 126 valence electrons. The van der Waals surface area contributed by atoms with Gasteiger partial charge in [-0.1, -0.05) is 0 Å². The van der Waals surface area contributed by atoms with E-state index in [-0.39, 0.29) is 54.2 Å². The normalized spacial score (nSPS) is 15.2. The molecule has 1 amide bonds. The summed E-state index contributed by atoms with van der Waals surface area (Å²) in [5.74, 6) is -1.31. The maximum Gasteiger partial charge on any atom is 0.238 e. The van der Waals surface area contributed by atoms with E-state index in [4.69, 9.17) is 9.88 Å². The molecular weight excluding hydrogens is 327 g/mol. The van der Waals surface area contributed by atoms with Gasteiger partial charge in [0.05, 0.1) is 17.4 Å². The average Bonchev–Trinajstić information content (AvgIpc) is 2.43. The zero-order chi connectivity index (χ0) is 17.2. The number of nitrogens with two attached hydrogens (primary N) is 1. The van der Waals surface area contributed by atoms with Gasteiger partial charge < -0.3 is 9.64 Å². The maximum atomic E-state index is 13.7. The Morgan fingerprint density at radius 2 is 2.09 bits per heavy atom. The Morgan fingerprint density at radius 3 is 2.61 bits per heavy atom. The van der Waals surface area contributed by atoms with Gasteiger partial charge in [0.25, 0.3) is 0 Å². The summed E-state index contributed by atoms with van der Waals surface area (Å²) < 4.78 is 41.1. The number of Topliss-reactive ketones (excluding diaryl/α,β-unsaturated/α-hetero) is 1. The molecule has 9 heteroatoms. The van der Waals surface area contributed by atoms with Gasteiger partial charge in [-0.25, -0.2) is 17.9 Å². The molecule has 1 aliphatic rings. The van der Waals surface area contributed by atoms with Crippen LogP contribution in [0.4, 0.5) is 4.39 Å². The van der Waals surface area contributed by atoms with Crippen molar-refractivity contribution in [3.8, 4) is 5.75 Å². The molecule has 1 fully saturated rings. The highest BCUT2D eigenvalue weighted by Gasteiger charge is 2.34. The molecule has 1 aromatic rings. The van der Waals surface area contributed by atoms with Crippen molar-refractivity contribution in [2.45, 2.75) is 17.7 Å². The lowest BCUT2D eigenvalue weighted by Crippen LogP contribution is -2.41. The summed E-state index contributed by atoms with van der Waals surface area (Å²) in [5, 5.41) is 4.90. The Hall–Kier alpha value is -2.00. The van der Waals surface area contributed by atoms with Crippen molar-refractivity contribution in [3.05, 3.63) is 24.0 Å². The molecule has 0 atom stereocenters. The number of carbonyl (C=O) groups is 2. The molecule has 1 aliphatic carbocycles. The summed E-state index contributed by atoms with van der Waals surface area (Å²) in [6, 6.07) is 3.09. The van der Waals surface area contributed by atoms with Crippen LogP contribution in [0, 0.1) is 11.7 Å². The molecular formula is C14H17FN2O5S. The Morgan fingerprint density at radius 1 is 1.43 bits per heavy atom. The fourth-order valence-corrected chi connectivity index (χ4v) is 2.68. The molecule has 0 unspecified atom stereocenters. The Kier molecular flexibility index (Phi) is 5.00. The van der Waals surface area contributed by atoms with Gasteiger partial charge in [-0.05, 0) is 18.2 Å². The monoisotopic (exact) mass is 344 g/mol. The second-order valence-electron chi connectivity index (χ2n) is 5.39. The molecule has 1 aromatic carbocycles.